The highest BCUT2D eigenvalue weighted by Gasteiger charge is 2.14. The number of amides is 1. The van der Waals surface area contributed by atoms with Gasteiger partial charge in [0.2, 0.25) is 0 Å². The maximum atomic E-state index is 12.8. The second-order valence-electron chi connectivity index (χ2n) is 7.23. The number of hydrogen-bond acceptors (Lipinski definition) is 7. The Bertz CT molecular complexity index is 1050. The summed E-state index contributed by atoms with van der Waals surface area (Å²) in [5, 5.41) is 8.01. The molecule has 0 atom stereocenters. The van der Waals surface area contributed by atoms with Crippen LogP contribution in [0.1, 0.15) is 43.6 Å². The number of esters is 1. The number of hydrogen-bond donors (Lipinski definition) is 1. The molecular weight excluding hydrogens is 396 g/mol. The Balaban J connectivity index is 1.74. The van der Waals surface area contributed by atoms with Gasteiger partial charge in [-0.15, -0.1) is 0 Å². The quantitative estimate of drug-likeness (QED) is 0.498. The minimum absolute atomic E-state index is 0.0306. The third kappa shape index (κ3) is 5.78. The first-order valence-corrected chi connectivity index (χ1v) is 10.5. The van der Waals surface area contributed by atoms with Crippen molar-refractivity contribution >= 4 is 34.3 Å². The lowest BCUT2D eigenvalue weighted by atomic mass is 10.2. The predicted molar refractivity (Wildman–Crippen MR) is 119 cm³/mol. The van der Waals surface area contributed by atoms with Crippen LogP contribution < -0.4 is 10.2 Å². The average molecular weight is 425 g/mol. The predicted octanol–water partition coefficient (Wildman–Crippen LogP) is 3.27. The number of carbonyl (C=O) groups is 2. The van der Waals surface area contributed by atoms with Gasteiger partial charge in [0.15, 0.2) is 0 Å². The SMILES string of the molecule is CCCCN(CCC)c1cc(C(=O)Nc2ccc3nn(CC(=O)OC)cc3c2)ncn1. The molecule has 0 aliphatic carbocycles. The number of fused-ring (bicyclic) bond motifs is 1. The zero-order chi connectivity index (χ0) is 22.2. The number of aromatic nitrogens is 4. The van der Waals surface area contributed by atoms with Gasteiger partial charge >= 0.3 is 5.97 Å². The number of ether oxygens (including phenoxy) is 1. The fraction of sp³-hybridized carbons (Fsp3) is 0.409. The molecule has 1 amide bonds. The molecule has 3 rings (SSSR count). The molecule has 1 N–H and O–H groups in total. The van der Waals surface area contributed by atoms with E-state index >= 15 is 0 Å². The first-order valence-electron chi connectivity index (χ1n) is 10.5. The molecule has 2 heterocycles. The summed E-state index contributed by atoms with van der Waals surface area (Å²) in [5.41, 5.74) is 1.65. The van der Waals surface area contributed by atoms with Crippen LogP contribution >= 0.6 is 0 Å². The smallest absolute Gasteiger partial charge is 0.327 e. The van der Waals surface area contributed by atoms with Crippen LogP contribution in [-0.4, -0.2) is 51.8 Å². The van der Waals surface area contributed by atoms with E-state index in [1.54, 1.807) is 30.5 Å². The van der Waals surface area contributed by atoms with Crippen molar-refractivity contribution in [3.63, 3.8) is 0 Å². The minimum atomic E-state index is -0.378. The third-order valence-electron chi connectivity index (χ3n) is 4.81. The molecule has 2 aromatic heterocycles. The van der Waals surface area contributed by atoms with Gasteiger partial charge in [-0.25, -0.2) is 9.97 Å². The van der Waals surface area contributed by atoms with Crippen LogP contribution in [-0.2, 0) is 16.1 Å². The van der Waals surface area contributed by atoms with E-state index in [9.17, 15) is 9.59 Å². The monoisotopic (exact) mass is 424 g/mol. The Morgan fingerprint density at radius 3 is 2.71 bits per heavy atom. The number of nitrogens with zero attached hydrogens (tertiary/aromatic N) is 5. The van der Waals surface area contributed by atoms with Crippen LogP contribution in [0, 0.1) is 0 Å². The summed E-state index contributed by atoms with van der Waals surface area (Å²) < 4.78 is 6.18. The van der Waals surface area contributed by atoms with E-state index in [1.165, 1.54) is 18.1 Å². The van der Waals surface area contributed by atoms with E-state index < -0.39 is 0 Å². The largest absolute Gasteiger partial charge is 0.468 e. The zero-order valence-electron chi connectivity index (χ0n) is 18.2. The number of unbranched alkanes of at least 4 members (excludes halogenated alkanes) is 1. The van der Waals surface area contributed by atoms with Crippen molar-refractivity contribution < 1.29 is 14.3 Å². The molecule has 9 heteroatoms. The van der Waals surface area contributed by atoms with Crippen molar-refractivity contribution in [2.45, 2.75) is 39.7 Å². The molecular formula is C22H28N6O3. The molecule has 1 aromatic carbocycles. The van der Waals surface area contributed by atoms with E-state index in [0.29, 0.717) is 11.4 Å². The fourth-order valence-electron chi connectivity index (χ4n) is 3.23. The molecule has 0 aliphatic heterocycles. The van der Waals surface area contributed by atoms with Crippen LogP contribution in [0.3, 0.4) is 0 Å². The molecule has 3 aromatic rings. The molecule has 164 valence electrons. The molecule has 0 bridgehead atoms. The number of nitrogens with one attached hydrogen (secondary N) is 1. The summed E-state index contributed by atoms with van der Waals surface area (Å²) in [4.78, 5) is 34.9. The van der Waals surface area contributed by atoms with Crippen molar-refractivity contribution in [3.05, 3.63) is 42.5 Å². The van der Waals surface area contributed by atoms with Gasteiger partial charge in [-0.05, 0) is 31.0 Å². The first-order chi connectivity index (χ1) is 15.0. The van der Waals surface area contributed by atoms with Crippen LogP contribution in [0.15, 0.2) is 36.8 Å². The Hall–Kier alpha value is -3.49. The Morgan fingerprint density at radius 1 is 1.13 bits per heavy atom. The van der Waals surface area contributed by atoms with Gasteiger partial charge in [0.05, 0.1) is 12.6 Å². The molecule has 0 saturated carbocycles. The molecule has 0 unspecified atom stereocenters. The Kier molecular flexibility index (Phi) is 7.53. The van der Waals surface area contributed by atoms with Gasteiger partial charge in [-0.2, -0.15) is 5.10 Å². The molecule has 0 spiro atoms. The van der Waals surface area contributed by atoms with Crippen molar-refractivity contribution in [2.24, 2.45) is 0 Å². The van der Waals surface area contributed by atoms with Gasteiger partial charge in [-0.3, -0.25) is 14.3 Å². The number of carbonyl (C=O) groups excluding carboxylic acids is 2. The van der Waals surface area contributed by atoms with Crippen molar-refractivity contribution in [1.82, 2.24) is 19.7 Å². The van der Waals surface area contributed by atoms with Gasteiger partial charge in [0.25, 0.3) is 5.91 Å². The first kappa shape index (κ1) is 22.2. The van der Waals surface area contributed by atoms with Crippen molar-refractivity contribution in [1.29, 1.82) is 0 Å². The zero-order valence-corrected chi connectivity index (χ0v) is 18.2. The summed E-state index contributed by atoms with van der Waals surface area (Å²) in [6.07, 6.45) is 6.32. The van der Waals surface area contributed by atoms with Crippen molar-refractivity contribution in [3.8, 4) is 0 Å². The van der Waals surface area contributed by atoms with Gasteiger partial charge in [0.1, 0.15) is 24.4 Å². The molecule has 0 aliphatic rings. The standard InChI is InChI=1S/C22H28N6O3/c1-4-6-10-27(9-5-2)20-12-19(23-15-24-20)22(30)25-17-7-8-18-16(11-17)13-28(26-18)14-21(29)31-3/h7-8,11-13,15H,4-6,9-10,14H2,1-3H3,(H,25,30). The summed E-state index contributed by atoms with van der Waals surface area (Å²) in [5.74, 6) is 0.0730. The maximum absolute atomic E-state index is 12.8. The summed E-state index contributed by atoms with van der Waals surface area (Å²) >= 11 is 0. The lowest BCUT2D eigenvalue weighted by Crippen LogP contribution is -2.27. The highest BCUT2D eigenvalue weighted by atomic mass is 16.5. The summed E-state index contributed by atoms with van der Waals surface area (Å²) in [6.45, 7) is 6.08. The number of benzene rings is 1. The topological polar surface area (TPSA) is 102 Å². The summed E-state index contributed by atoms with van der Waals surface area (Å²) in [7, 11) is 1.34. The number of rotatable bonds is 10. The van der Waals surface area contributed by atoms with Crippen LogP contribution in [0.5, 0.6) is 0 Å². The van der Waals surface area contributed by atoms with Gasteiger partial charge < -0.3 is 15.0 Å². The molecule has 9 nitrogen and oxygen atoms in total. The minimum Gasteiger partial charge on any atom is -0.468 e. The van der Waals surface area contributed by atoms with Crippen LogP contribution in [0.4, 0.5) is 11.5 Å². The van der Waals surface area contributed by atoms with E-state index in [2.05, 4.69) is 43.9 Å². The normalized spacial score (nSPS) is 10.8. The maximum Gasteiger partial charge on any atom is 0.327 e. The van der Waals surface area contributed by atoms with E-state index in [-0.39, 0.29) is 18.4 Å². The van der Waals surface area contributed by atoms with Crippen molar-refractivity contribution in [2.75, 3.05) is 30.4 Å². The third-order valence-corrected chi connectivity index (χ3v) is 4.81. The average Bonchev–Trinajstić information content (AvgIpc) is 3.18. The number of methoxy groups -OCH3 is 1. The van der Waals surface area contributed by atoms with Gasteiger partial charge in [0, 0.05) is 36.4 Å². The Labute approximate surface area is 181 Å². The van der Waals surface area contributed by atoms with Crippen LogP contribution in [0.2, 0.25) is 0 Å². The Morgan fingerprint density at radius 2 is 1.97 bits per heavy atom. The highest BCUT2D eigenvalue weighted by molar-refractivity contribution is 6.04. The van der Waals surface area contributed by atoms with Crippen LogP contribution in [0.25, 0.3) is 10.9 Å². The molecule has 0 saturated heterocycles. The van der Waals surface area contributed by atoms with E-state index in [0.717, 1.165) is 49.1 Å². The second kappa shape index (κ2) is 10.5. The molecule has 31 heavy (non-hydrogen) atoms. The van der Waals surface area contributed by atoms with Gasteiger partial charge in [-0.1, -0.05) is 20.3 Å². The molecule has 0 fully saturated rings. The summed E-state index contributed by atoms with van der Waals surface area (Å²) in [6, 6.07) is 7.09. The number of anilines is 2. The highest BCUT2D eigenvalue weighted by Crippen LogP contribution is 2.19. The second-order valence-corrected chi connectivity index (χ2v) is 7.23. The van der Waals surface area contributed by atoms with E-state index in [1.807, 2.05) is 0 Å². The van der Waals surface area contributed by atoms with E-state index in [4.69, 9.17) is 0 Å². The lowest BCUT2D eigenvalue weighted by Gasteiger charge is -2.23. The fourth-order valence-corrected chi connectivity index (χ4v) is 3.23. The lowest BCUT2D eigenvalue weighted by molar-refractivity contribution is -0.141. The molecule has 0 radical (unpaired) electrons.